The van der Waals surface area contributed by atoms with Gasteiger partial charge in [0.25, 0.3) is 0 Å². The van der Waals surface area contributed by atoms with Crippen LogP contribution >= 0.6 is 0 Å². The SMILES string of the molecule is CC(C)(C)CCN1CCCCC1C1CCCC1=O. The fraction of sp³-hybridized carbons (Fsp3) is 0.938. The molecule has 1 heterocycles. The van der Waals surface area contributed by atoms with Gasteiger partial charge in [0, 0.05) is 18.4 Å². The third-order valence-corrected chi connectivity index (χ3v) is 4.63. The molecule has 2 atom stereocenters. The molecule has 2 aliphatic rings. The second kappa shape index (κ2) is 5.73. The van der Waals surface area contributed by atoms with Crippen molar-refractivity contribution in [2.75, 3.05) is 13.1 Å². The maximum atomic E-state index is 12.0. The van der Waals surface area contributed by atoms with Gasteiger partial charge in [0.1, 0.15) is 5.78 Å². The quantitative estimate of drug-likeness (QED) is 0.763. The second-order valence-electron chi connectivity index (χ2n) is 7.37. The number of hydrogen-bond donors (Lipinski definition) is 0. The Bertz CT molecular complexity index is 292. The molecule has 2 nitrogen and oxygen atoms in total. The van der Waals surface area contributed by atoms with Gasteiger partial charge in [0.2, 0.25) is 0 Å². The molecule has 0 N–H and O–H groups in total. The molecule has 2 heteroatoms. The third kappa shape index (κ3) is 3.57. The Kier molecular flexibility index (Phi) is 4.47. The lowest BCUT2D eigenvalue weighted by Crippen LogP contribution is -2.46. The van der Waals surface area contributed by atoms with Gasteiger partial charge in [-0.25, -0.2) is 0 Å². The van der Waals surface area contributed by atoms with E-state index >= 15 is 0 Å². The van der Waals surface area contributed by atoms with Crippen LogP contribution in [0.3, 0.4) is 0 Å². The largest absolute Gasteiger partial charge is 0.300 e. The fourth-order valence-corrected chi connectivity index (χ4v) is 3.48. The smallest absolute Gasteiger partial charge is 0.137 e. The normalized spacial score (nSPS) is 30.9. The van der Waals surface area contributed by atoms with Crippen LogP contribution in [0, 0.1) is 11.3 Å². The summed E-state index contributed by atoms with van der Waals surface area (Å²) in [5, 5.41) is 0. The van der Waals surface area contributed by atoms with Crippen molar-refractivity contribution in [1.82, 2.24) is 4.90 Å². The van der Waals surface area contributed by atoms with Gasteiger partial charge in [-0.2, -0.15) is 0 Å². The van der Waals surface area contributed by atoms with Gasteiger partial charge in [-0.3, -0.25) is 9.69 Å². The Labute approximate surface area is 112 Å². The summed E-state index contributed by atoms with van der Waals surface area (Å²) in [5.41, 5.74) is 0.404. The molecule has 0 aromatic carbocycles. The molecular formula is C16H29NO. The van der Waals surface area contributed by atoms with Crippen molar-refractivity contribution in [2.45, 2.75) is 71.8 Å². The molecule has 1 aliphatic carbocycles. The minimum atomic E-state index is 0.366. The van der Waals surface area contributed by atoms with E-state index in [1.54, 1.807) is 0 Å². The third-order valence-electron chi connectivity index (χ3n) is 4.63. The average molecular weight is 251 g/mol. The molecule has 0 radical (unpaired) electrons. The van der Waals surface area contributed by atoms with Gasteiger partial charge in [-0.1, -0.05) is 27.2 Å². The van der Waals surface area contributed by atoms with Crippen LogP contribution in [-0.4, -0.2) is 29.8 Å². The molecule has 0 spiro atoms. The summed E-state index contributed by atoms with van der Waals surface area (Å²) in [4.78, 5) is 14.6. The van der Waals surface area contributed by atoms with Crippen LogP contribution in [0.4, 0.5) is 0 Å². The van der Waals surface area contributed by atoms with E-state index in [0.717, 1.165) is 19.3 Å². The minimum Gasteiger partial charge on any atom is -0.300 e. The lowest BCUT2D eigenvalue weighted by Gasteiger charge is -2.40. The van der Waals surface area contributed by atoms with Crippen molar-refractivity contribution in [3.8, 4) is 0 Å². The Morgan fingerprint density at radius 1 is 1.17 bits per heavy atom. The van der Waals surface area contributed by atoms with E-state index in [1.165, 1.54) is 38.8 Å². The number of nitrogens with zero attached hydrogens (tertiary/aromatic N) is 1. The van der Waals surface area contributed by atoms with Crippen molar-refractivity contribution in [2.24, 2.45) is 11.3 Å². The molecule has 1 saturated carbocycles. The predicted octanol–water partition coefficient (Wildman–Crippen LogP) is 3.65. The number of piperidine rings is 1. The first-order chi connectivity index (χ1) is 8.47. The molecular weight excluding hydrogens is 222 g/mol. The van der Waals surface area contributed by atoms with E-state index in [4.69, 9.17) is 0 Å². The maximum absolute atomic E-state index is 12.0. The molecule has 1 aliphatic heterocycles. The van der Waals surface area contributed by atoms with Gasteiger partial charge < -0.3 is 0 Å². The Hall–Kier alpha value is -0.370. The summed E-state index contributed by atoms with van der Waals surface area (Å²) in [6.45, 7) is 9.33. The highest BCUT2D eigenvalue weighted by atomic mass is 16.1. The Morgan fingerprint density at radius 3 is 2.56 bits per heavy atom. The van der Waals surface area contributed by atoms with Gasteiger partial charge in [-0.15, -0.1) is 0 Å². The lowest BCUT2D eigenvalue weighted by molar-refractivity contribution is -0.123. The highest BCUT2D eigenvalue weighted by Crippen LogP contribution is 2.33. The molecule has 2 unspecified atom stereocenters. The van der Waals surface area contributed by atoms with Crippen LogP contribution in [-0.2, 0) is 4.79 Å². The van der Waals surface area contributed by atoms with E-state index in [9.17, 15) is 4.79 Å². The molecule has 1 saturated heterocycles. The minimum absolute atomic E-state index is 0.366. The van der Waals surface area contributed by atoms with Crippen molar-refractivity contribution in [3.63, 3.8) is 0 Å². The van der Waals surface area contributed by atoms with Crippen molar-refractivity contribution in [1.29, 1.82) is 0 Å². The topological polar surface area (TPSA) is 20.3 Å². The second-order valence-corrected chi connectivity index (χ2v) is 7.37. The maximum Gasteiger partial charge on any atom is 0.137 e. The van der Waals surface area contributed by atoms with Crippen molar-refractivity contribution < 1.29 is 4.79 Å². The number of likely N-dealkylation sites (tertiary alicyclic amines) is 1. The molecule has 2 rings (SSSR count). The molecule has 104 valence electrons. The Morgan fingerprint density at radius 2 is 1.94 bits per heavy atom. The zero-order chi connectivity index (χ0) is 13.2. The molecule has 18 heavy (non-hydrogen) atoms. The molecule has 0 bridgehead atoms. The van der Waals surface area contributed by atoms with Gasteiger partial charge in [-0.05, 0) is 50.6 Å². The van der Waals surface area contributed by atoms with Crippen LogP contribution in [0.2, 0.25) is 0 Å². The molecule has 0 amide bonds. The number of carbonyl (C=O) groups is 1. The number of ketones is 1. The number of hydrogen-bond acceptors (Lipinski definition) is 2. The average Bonchev–Trinajstić information content (AvgIpc) is 2.72. The van der Waals surface area contributed by atoms with E-state index in [-0.39, 0.29) is 0 Å². The van der Waals surface area contributed by atoms with Crippen LogP contribution in [0.1, 0.15) is 65.7 Å². The molecule has 0 aromatic heterocycles. The highest BCUT2D eigenvalue weighted by Gasteiger charge is 2.36. The van der Waals surface area contributed by atoms with E-state index in [1.807, 2.05) is 0 Å². The standard InChI is InChI=1S/C16H29NO/c1-16(2,3)10-12-17-11-5-4-8-14(17)13-7-6-9-15(13)18/h13-14H,4-12H2,1-3H3. The molecule has 0 aromatic rings. The summed E-state index contributed by atoms with van der Waals surface area (Å²) < 4.78 is 0. The summed E-state index contributed by atoms with van der Waals surface area (Å²) in [6, 6.07) is 0.566. The van der Waals surface area contributed by atoms with Gasteiger partial charge in [0.15, 0.2) is 0 Å². The van der Waals surface area contributed by atoms with Crippen molar-refractivity contribution in [3.05, 3.63) is 0 Å². The first-order valence-electron chi connectivity index (χ1n) is 7.74. The van der Waals surface area contributed by atoms with Crippen LogP contribution in [0.15, 0.2) is 0 Å². The lowest BCUT2D eigenvalue weighted by atomic mass is 9.86. The molecule has 2 fully saturated rings. The van der Waals surface area contributed by atoms with Crippen LogP contribution in [0.25, 0.3) is 0 Å². The number of rotatable bonds is 3. The summed E-state index contributed by atoms with van der Waals surface area (Å²) in [7, 11) is 0. The number of carbonyl (C=O) groups excluding carboxylic acids is 1. The summed E-state index contributed by atoms with van der Waals surface area (Å²) in [5.74, 6) is 0.910. The van der Waals surface area contributed by atoms with E-state index in [2.05, 4.69) is 25.7 Å². The zero-order valence-corrected chi connectivity index (χ0v) is 12.4. The highest BCUT2D eigenvalue weighted by molar-refractivity contribution is 5.83. The van der Waals surface area contributed by atoms with Crippen LogP contribution < -0.4 is 0 Å². The first kappa shape index (κ1) is 14.0. The fourth-order valence-electron chi connectivity index (χ4n) is 3.48. The van der Waals surface area contributed by atoms with Crippen LogP contribution in [0.5, 0.6) is 0 Å². The Balaban J connectivity index is 1.95. The van der Waals surface area contributed by atoms with E-state index in [0.29, 0.717) is 23.2 Å². The van der Waals surface area contributed by atoms with Gasteiger partial charge >= 0.3 is 0 Å². The summed E-state index contributed by atoms with van der Waals surface area (Å²) >= 11 is 0. The van der Waals surface area contributed by atoms with Crippen molar-refractivity contribution >= 4 is 5.78 Å². The monoisotopic (exact) mass is 251 g/mol. The number of Topliss-reactive ketones (excluding diaryl/α,β-unsaturated/α-hetero) is 1. The first-order valence-corrected chi connectivity index (χ1v) is 7.74. The van der Waals surface area contributed by atoms with E-state index < -0.39 is 0 Å². The zero-order valence-electron chi connectivity index (χ0n) is 12.4. The summed E-state index contributed by atoms with van der Waals surface area (Å²) in [6.07, 6.45) is 8.25. The van der Waals surface area contributed by atoms with Gasteiger partial charge in [0.05, 0.1) is 0 Å². The predicted molar refractivity (Wildman–Crippen MR) is 75.6 cm³/mol.